The molecule has 0 saturated heterocycles. The Morgan fingerprint density at radius 1 is 1.29 bits per heavy atom. The Kier molecular flexibility index (Phi) is 3.19. The van der Waals surface area contributed by atoms with Crippen LogP contribution < -0.4 is 5.32 Å². The van der Waals surface area contributed by atoms with Crippen LogP contribution in [-0.2, 0) is 6.54 Å². The molecule has 1 aromatic heterocycles. The van der Waals surface area contributed by atoms with E-state index in [1.807, 2.05) is 12.1 Å². The van der Waals surface area contributed by atoms with E-state index in [4.69, 9.17) is 16.0 Å². The van der Waals surface area contributed by atoms with Gasteiger partial charge in [0, 0.05) is 23.0 Å². The zero-order valence-electron chi connectivity index (χ0n) is 10.7. The molecule has 2 nitrogen and oxygen atoms in total. The van der Waals surface area contributed by atoms with Crippen LogP contribution in [0.3, 0.4) is 0 Å². The Morgan fingerprint density at radius 3 is 2.65 bits per heavy atom. The van der Waals surface area contributed by atoms with Crippen molar-refractivity contribution in [2.24, 2.45) is 0 Å². The summed E-state index contributed by atoms with van der Waals surface area (Å²) < 4.78 is 5.55. The number of furan rings is 1. The van der Waals surface area contributed by atoms with E-state index in [2.05, 4.69) is 33.0 Å². The SMILES string of the molecule is Cc1ccc(Cl)c2occ(CNC(C)(C)C)c12. The van der Waals surface area contributed by atoms with Crippen LogP contribution in [0.4, 0.5) is 0 Å². The Bertz CT molecular complexity index is 537. The third kappa shape index (κ3) is 2.64. The van der Waals surface area contributed by atoms with Gasteiger partial charge >= 0.3 is 0 Å². The van der Waals surface area contributed by atoms with Gasteiger partial charge in [-0.3, -0.25) is 0 Å². The first-order valence-corrected chi connectivity index (χ1v) is 6.16. The molecule has 0 radical (unpaired) electrons. The van der Waals surface area contributed by atoms with Crippen molar-refractivity contribution in [1.82, 2.24) is 5.32 Å². The van der Waals surface area contributed by atoms with Gasteiger partial charge in [0.25, 0.3) is 0 Å². The zero-order valence-corrected chi connectivity index (χ0v) is 11.5. The lowest BCUT2D eigenvalue weighted by Crippen LogP contribution is -2.34. The van der Waals surface area contributed by atoms with Crippen molar-refractivity contribution < 1.29 is 4.42 Å². The second-order valence-corrected chi connectivity index (χ2v) is 5.84. The predicted molar refractivity (Wildman–Crippen MR) is 72.6 cm³/mol. The summed E-state index contributed by atoms with van der Waals surface area (Å²) in [6.07, 6.45) is 1.79. The smallest absolute Gasteiger partial charge is 0.153 e. The maximum Gasteiger partial charge on any atom is 0.153 e. The average molecular weight is 252 g/mol. The molecular weight excluding hydrogens is 234 g/mol. The lowest BCUT2D eigenvalue weighted by molar-refractivity contribution is 0.423. The number of nitrogens with one attached hydrogen (secondary N) is 1. The van der Waals surface area contributed by atoms with Crippen LogP contribution in [0.5, 0.6) is 0 Å². The molecule has 0 fully saturated rings. The molecule has 2 aromatic rings. The molecule has 2 rings (SSSR count). The fourth-order valence-corrected chi connectivity index (χ4v) is 2.05. The highest BCUT2D eigenvalue weighted by molar-refractivity contribution is 6.35. The first-order chi connectivity index (χ1) is 7.88. The number of benzene rings is 1. The molecule has 92 valence electrons. The van der Waals surface area contributed by atoms with Gasteiger partial charge in [0.2, 0.25) is 0 Å². The van der Waals surface area contributed by atoms with Crippen LogP contribution in [0, 0.1) is 6.92 Å². The van der Waals surface area contributed by atoms with Gasteiger partial charge in [0.1, 0.15) is 0 Å². The van der Waals surface area contributed by atoms with Gasteiger partial charge in [-0.05, 0) is 39.3 Å². The van der Waals surface area contributed by atoms with Gasteiger partial charge in [-0.25, -0.2) is 0 Å². The van der Waals surface area contributed by atoms with Crippen molar-refractivity contribution in [3.05, 3.63) is 34.5 Å². The van der Waals surface area contributed by atoms with E-state index in [9.17, 15) is 0 Å². The first kappa shape index (κ1) is 12.5. The van der Waals surface area contributed by atoms with E-state index in [-0.39, 0.29) is 5.54 Å². The Morgan fingerprint density at radius 2 is 2.00 bits per heavy atom. The van der Waals surface area contributed by atoms with E-state index < -0.39 is 0 Å². The largest absolute Gasteiger partial charge is 0.462 e. The van der Waals surface area contributed by atoms with Crippen molar-refractivity contribution in [1.29, 1.82) is 0 Å². The van der Waals surface area contributed by atoms with Gasteiger partial charge in [0.05, 0.1) is 11.3 Å². The van der Waals surface area contributed by atoms with E-state index in [0.717, 1.165) is 23.1 Å². The Hall–Kier alpha value is -0.990. The summed E-state index contributed by atoms with van der Waals surface area (Å²) in [4.78, 5) is 0. The minimum Gasteiger partial charge on any atom is -0.462 e. The van der Waals surface area contributed by atoms with Gasteiger partial charge in [-0.15, -0.1) is 0 Å². The van der Waals surface area contributed by atoms with Gasteiger partial charge in [-0.2, -0.15) is 0 Å². The predicted octanol–water partition coefficient (Wildman–Crippen LogP) is 4.28. The van der Waals surface area contributed by atoms with E-state index in [0.29, 0.717) is 5.02 Å². The highest BCUT2D eigenvalue weighted by atomic mass is 35.5. The standard InChI is InChI=1S/C14H18ClNO/c1-9-5-6-11(15)13-12(9)10(8-17-13)7-16-14(2,3)4/h5-6,8,16H,7H2,1-4H3. The molecule has 1 heterocycles. The fourth-order valence-electron chi connectivity index (χ4n) is 1.85. The molecular formula is C14H18ClNO. The number of halogens is 1. The number of hydrogen-bond acceptors (Lipinski definition) is 2. The van der Waals surface area contributed by atoms with Crippen LogP contribution in [0.2, 0.25) is 5.02 Å². The monoisotopic (exact) mass is 251 g/mol. The van der Waals surface area contributed by atoms with E-state index >= 15 is 0 Å². The second kappa shape index (κ2) is 4.35. The van der Waals surface area contributed by atoms with E-state index in [1.54, 1.807) is 6.26 Å². The molecule has 17 heavy (non-hydrogen) atoms. The third-order valence-corrected chi connectivity index (χ3v) is 3.06. The zero-order chi connectivity index (χ0) is 12.6. The molecule has 0 atom stereocenters. The molecule has 1 aromatic carbocycles. The summed E-state index contributed by atoms with van der Waals surface area (Å²) in [5.74, 6) is 0. The van der Waals surface area contributed by atoms with Crippen molar-refractivity contribution in [3.8, 4) is 0 Å². The van der Waals surface area contributed by atoms with Crippen molar-refractivity contribution in [3.63, 3.8) is 0 Å². The molecule has 3 heteroatoms. The minimum absolute atomic E-state index is 0.0933. The lowest BCUT2D eigenvalue weighted by Gasteiger charge is -2.20. The molecule has 0 spiro atoms. The number of hydrogen-bond donors (Lipinski definition) is 1. The normalized spacial score (nSPS) is 12.3. The fraction of sp³-hybridized carbons (Fsp3) is 0.429. The molecule has 0 aliphatic heterocycles. The first-order valence-electron chi connectivity index (χ1n) is 5.79. The van der Waals surface area contributed by atoms with Crippen LogP contribution >= 0.6 is 11.6 Å². The maximum absolute atomic E-state index is 6.12. The van der Waals surface area contributed by atoms with Crippen LogP contribution in [-0.4, -0.2) is 5.54 Å². The molecule has 0 amide bonds. The van der Waals surface area contributed by atoms with Crippen LogP contribution in [0.15, 0.2) is 22.8 Å². The molecule has 0 bridgehead atoms. The van der Waals surface area contributed by atoms with E-state index in [1.165, 1.54) is 5.56 Å². The minimum atomic E-state index is 0.0933. The third-order valence-electron chi connectivity index (χ3n) is 2.77. The second-order valence-electron chi connectivity index (χ2n) is 5.43. The number of rotatable bonds is 2. The summed E-state index contributed by atoms with van der Waals surface area (Å²) in [6.45, 7) is 9.31. The molecule has 1 N–H and O–H groups in total. The average Bonchev–Trinajstić information content (AvgIpc) is 2.64. The summed E-state index contributed by atoms with van der Waals surface area (Å²) >= 11 is 6.12. The highest BCUT2D eigenvalue weighted by Gasteiger charge is 2.14. The van der Waals surface area contributed by atoms with Crippen molar-refractivity contribution in [2.75, 3.05) is 0 Å². The van der Waals surface area contributed by atoms with Gasteiger partial charge < -0.3 is 9.73 Å². The van der Waals surface area contributed by atoms with Gasteiger partial charge in [0.15, 0.2) is 5.58 Å². The topological polar surface area (TPSA) is 25.2 Å². The maximum atomic E-state index is 6.12. The van der Waals surface area contributed by atoms with Crippen LogP contribution in [0.25, 0.3) is 11.0 Å². The number of fused-ring (bicyclic) bond motifs is 1. The molecule has 0 aliphatic rings. The molecule has 0 saturated carbocycles. The van der Waals surface area contributed by atoms with Crippen molar-refractivity contribution in [2.45, 2.75) is 39.8 Å². The summed E-state index contributed by atoms with van der Waals surface area (Å²) in [5, 5.41) is 5.27. The quantitative estimate of drug-likeness (QED) is 0.862. The summed E-state index contributed by atoms with van der Waals surface area (Å²) in [7, 11) is 0. The molecule has 0 unspecified atom stereocenters. The molecule has 0 aliphatic carbocycles. The summed E-state index contributed by atoms with van der Waals surface area (Å²) in [6, 6.07) is 3.91. The van der Waals surface area contributed by atoms with Crippen LogP contribution in [0.1, 0.15) is 31.9 Å². The summed E-state index contributed by atoms with van der Waals surface area (Å²) in [5.41, 5.74) is 3.24. The Labute approximate surface area is 107 Å². The number of aryl methyl sites for hydroxylation is 1. The van der Waals surface area contributed by atoms with Gasteiger partial charge in [-0.1, -0.05) is 17.7 Å². The Balaban J connectivity index is 2.39. The highest BCUT2D eigenvalue weighted by Crippen LogP contribution is 2.30. The lowest BCUT2D eigenvalue weighted by atomic mass is 10.1. The van der Waals surface area contributed by atoms with Crippen molar-refractivity contribution >= 4 is 22.6 Å².